The molecule has 5 nitrogen and oxygen atoms in total. The van der Waals surface area contributed by atoms with Gasteiger partial charge in [0.15, 0.2) is 18.1 Å². The zero-order chi connectivity index (χ0) is 20.6. The van der Waals surface area contributed by atoms with Crippen LogP contribution in [0.25, 0.3) is 0 Å². The SMILES string of the molecule is COc1cc(C(=O)OCC(=O)c2ccccc2Cl)ccc1OCc1ccccc1. The van der Waals surface area contributed by atoms with Gasteiger partial charge in [-0.05, 0) is 35.9 Å². The van der Waals surface area contributed by atoms with Crippen molar-refractivity contribution in [1.29, 1.82) is 0 Å². The Morgan fingerprint density at radius 1 is 0.897 bits per heavy atom. The molecule has 0 aliphatic heterocycles. The molecular formula is C23H19ClO5. The van der Waals surface area contributed by atoms with E-state index in [1.807, 2.05) is 30.3 Å². The van der Waals surface area contributed by atoms with Crippen LogP contribution in [0.2, 0.25) is 5.02 Å². The molecule has 0 unspecified atom stereocenters. The lowest BCUT2D eigenvalue weighted by atomic mass is 10.1. The van der Waals surface area contributed by atoms with Crippen molar-refractivity contribution in [1.82, 2.24) is 0 Å². The van der Waals surface area contributed by atoms with Gasteiger partial charge in [0.05, 0.1) is 17.7 Å². The van der Waals surface area contributed by atoms with Crippen LogP contribution in [0.4, 0.5) is 0 Å². The summed E-state index contributed by atoms with van der Waals surface area (Å²) in [5, 5.41) is 0.315. The molecule has 0 amide bonds. The molecule has 148 valence electrons. The molecule has 3 rings (SSSR count). The first kappa shape index (κ1) is 20.4. The number of ketones is 1. The van der Waals surface area contributed by atoms with Gasteiger partial charge in [0.1, 0.15) is 6.61 Å². The van der Waals surface area contributed by atoms with Gasteiger partial charge in [0, 0.05) is 5.56 Å². The van der Waals surface area contributed by atoms with Crippen molar-refractivity contribution < 1.29 is 23.8 Å². The zero-order valence-corrected chi connectivity index (χ0v) is 16.5. The Morgan fingerprint density at radius 2 is 1.62 bits per heavy atom. The van der Waals surface area contributed by atoms with Gasteiger partial charge in [-0.2, -0.15) is 0 Å². The molecule has 0 heterocycles. The van der Waals surface area contributed by atoms with Gasteiger partial charge in [-0.3, -0.25) is 4.79 Å². The van der Waals surface area contributed by atoms with Crippen molar-refractivity contribution in [2.75, 3.05) is 13.7 Å². The van der Waals surface area contributed by atoms with Gasteiger partial charge in [-0.15, -0.1) is 0 Å². The van der Waals surface area contributed by atoms with Gasteiger partial charge in [-0.25, -0.2) is 4.79 Å². The number of methoxy groups -OCH3 is 1. The second-order valence-corrected chi connectivity index (χ2v) is 6.53. The highest BCUT2D eigenvalue weighted by Gasteiger charge is 2.16. The molecule has 6 heteroatoms. The van der Waals surface area contributed by atoms with Crippen molar-refractivity contribution in [3.05, 3.63) is 94.5 Å². The van der Waals surface area contributed by atoms with Crippen LogP contribution in [0.15, 0.2) is 72.8 Å². The minimum atomic E-state index is -0.640. The lowest BCUT2D eigenvalue weighted by Gasteiger charge is -2.12. The van der Waals surface area contributed by atoms with E-state index in [2.05, 4.69) is 0 Å². The molecular weight excluding hydrogens is 392 g/mol. The summed E-state index contributed by atoms with van der Waals surface area (Å²) >= 11 is 5.99. The second-order valence-electron chi connectivity index (χ2n) is 6.12. The van der Waals surface area contributed by atoms with Gasteiger partial charge in [0.2, 0.25) is 5.78 Å². The maximum atomic E-state index is 12.3. The predicted molar refractivity (Wildman–Crippen MR) is 110 cm³/mol. The first-order valence-corrected chi connectivity index (χ1v) is 9.26. The molecule has 0 atom stereocenters. The molecule has 0 bridgehead atoms. The zero-order valence-electron chi connectivity index (χ0n) is 15.8. The minimum Gasteiger partial charge on any atom is -0.493 e. The molecule has 0 radical (unpaired) electrons. The van der Waals surface area contributed by atoms with E-state index in [1.165, 1.54) is 13.2 Å². The standard InChI is InChI=1S/C23H19ClO5/c1-27-22-13-17(11-12-21(22)28-14-16-7-3-2-4-8-16)23(26)29-15-20(25)18-9-5-6-10-19(18)24/h2-13H,14-15H2,1H3. The fourth-order valence-corrected chi connectivity index (χ4v) is 2.87. The highest BCUT2D eigenvalue weighted by atomic mass is 35.5. The van der Waals surface area contributed by atoms with E-state index >= 15 is 0 Å². The Labute approximate surface area is 173 Å². The minimum absolute atomic E-state index is 0.251. The Morgan fingerprint density at radius 3 is 2.34 bits per heavy atom. The van der Waals surface area contributed by atoms with Gasteiger partial charge >= 0.3 is 5.97 Å². The number of benzene rings is 3. The van der Waals surface area contributed by atoms with Gasteiger partial charge < -0.3 is 14.2 Å². The summed E-state index contributed by atoms with van der Waals surface area (Å²) in [5.41, 5.74) is 1.57. The van der Waals surface area contributed by atoms with Gasteiger partial charge in [0.25, 0.3) is 0 Å². The predicted octanol–water partition coefficient (Wildman–Crippen LogP) is 4.97. The quantitative estimate of drug-likeness (QED) is 0.387. The fraction of sp³-hybridized carbons (Fsp3) is 0.130. The molecule has 3 aromatic rings. The van der Waals surface area contributed by atoms with E-state index in [0.717, 1.165) is 5.56 Å². The summed E-state index contributed by atoms with van der Waals surface area (Å²) in [5.74, 6) is -0.120. The fourth-order valence-electron chi connectivity index (χ4n) is 2.63. The molecule has 29 heavy (non-hydrogen) atoms. The van der Waals surface area contributed by atoms with Crippen LogP contribution in [-0.2, 0) is 11.3 Å². The molecule has 0 aliphatic rings. The first-order valence-electron chi connectivity index (χ1n) is 8.88. The highest BCUT2D eigenvalue weighted by Crippen LogP contribution is 2.29. The van der Waals surface area contributed by atoms with Crippen LogP contribution in [0.5, 0.6) is 11.5 Å². The molecule has 0 aromatic heterocycles. The molecule has 0 saturated heterocycles. The summed E-state index contributed by atoms with van der Waals surface area (Å²) in [6.45, 7) is -0.0372. The van der Waals surface area contributed by atoms with Crippen LogP contribution >= 0.6 is 11.6 Å². The molecule has 3 aromatic carbocycles. The maximum absolute atomic E-state index is 12.3. The third kappa shape index (κ3) is 5.36. The third-order valence-corrected chi connectivity index (χ3v) is 4.47. The van der Waals surface area contributed by atoms with E-state index in [-0.39, 0.29) is 11.3 Å². The van der Waals surface area contributed by atoms with Crippen LogP contribution in [-0.4, -0.2) is 25.5 Å². The maximum Gasteiger partial charge on any atom is 0.338 e. The second kappa shape index (κ2) is 9.75. The average Bonchev–Trinajstić information content (AvgIpc) is 2.76. The number of ether oxygens (including phenoxy) is 3. The molecule has 0 fully saturated rings. The van der Waals surface area contributed by atoms with E-state index in [1.54, 1.807) is 36.4 Å². The third-order valence-electron chi connectivity index (χ3n) is 4.15. The number of Topliss-reactive ketones (excluding diaryl/α,β-unsaturated/α-hetero) is 1. The molecule has 0 aliphatic carbocycles. The number of carbonyl (C=O) groups excluding carboxylic acids is 2. The first-order chi connectivity index (χ1) is 14.1. The van der Waals surface area contributed by atoms with E-state index < -0.39 is 12.6 Å². The van der Waals surface area contributed by atoms with Crippen molar-refractivity contribution in [3.63, 3.8) is 0 Å². The van der Waals surface area contributed by atoms with E-state index in [4.69, 9.17) is 25.8 Å². The lowest BCUT2D eigenvalue weighted by Crippen LogP contribution is -2.14. The van der Waals surface area contributed by atoms with Crippen molar-refractivity contribution in [2.45, 2.75) is 6.61 Å². The number of rotatable bonds is 8. The van der Waals surface area contributed by atoms with Crippen LogP contribution in [0.3, 0.4) is 0 Å². The van der Waals surface area contributed by atoms with Crippen LogP contribution in [0, 0.1) is 0 Å². The number of hydrogen-bond acceptors (Lipinski definition) is 5. The monoisotopic (exact) mass is 410 g/mol. The van der Waals surface area contributed by atoms with Crippen molar-refractivity contribution in [3.8, 4) is 11.5 Å². The Hall–Kier alpha value is -3.31. The normalized spacial score (nSPS) is 10.3. The summed E-state index contributed by atoms with van der Waals surface area (Å²) in [6, 6.07) is 21.0. The Kier molecular flexibility index (Phi) is 6.87. The lowest BCUT2D eigenvalue weighted by molar-refractivity contribution is 0.0474. The number of esters is 1. The number of carbonyl (C=O) groups is 2. The Balaban J connectivity index is 1.63. The smallest absolute Gasteiger partial charge is 0.338 e. The molecule has 0 spiro atoms. The highest BCUT2D eigenvalue weighted by molar-refractivity contribution is 6.34. The van der Waals surface area contributed by atoms with E-state index in [0.29, 0.717) is 28.7 Å². The molecule has 0 N–H and O–H groups in total. The van der Waals surface area contributed by atoms with Crippen molar-refractivity contribution >= 4 is 23.4 Å². The van der Waals surface area contributed by atoms with Gasteiger partial charge in [-0.1, -0.05) is 54.1 Å². The summed E-state index contributed by atoms with van der Waals surface area (Å²) in [4.78, 5) is 24.5. The molecule has 0 saturated carbocycles. The largest absolute Gasteiger partial charge is 0.493 e. The topological polar surface area (TPSA) is 61.8 Å². The number of halogens is 1. The van der Waals surface area contributed by atoms with Crippen molar-refractivity contribution in [2.24, 2.45) is 0 Å². The Bertz CT molecular complexity index is 1000. The summed E-state index contributed by atoms with van der Waals surface area (Å²) in [6.07, 6.45) is 0. The van der Waals surface area contributed by atoms with Crippen LogP contribution in [0.1, 0.15) is 26.3 Å². The van der Waals surface area contributed by atoms with E-state index in [9.17, 15) is 9.59 Å². The summed E-state index contributed by atoms with van der Waals surface area (Å²) < 4.78 is 16.2. The van der Waals surface area contributed by atoms with Crippen LogP contribution < -0.4 is 9.47 Å². The average molecular weight is 411 g/mol. The number of hydrogen-bond donors (Lipinski definition) is 0. The summed E-state index contributed by atoms with van der Waals surface area (Å²) in [7, 11) is 1.49.